The molecule has 1 aromatic heterocycles. The molecule has 116 valence electrons. The molecule has 0 unspecified atom stereocenters. The Balaban J connectivity index is 2.12. The number of benzene rings is 2. The molecule has 4 nitrogen and oxygen atoms in total. The molecule has 0 bridgehead atoms. The van der Waals surface area contributed by atoms with Gasteiger partial charge in [-0.05, 0) is 36.4 Å². The fourth-order valence-electron chi connectivity index (χ4n) is 2.18. The van der Waals surface area contributed by atoms with Crippen LogP contribution < -0.4 is 5.11 Å². The summed E-state index contributed by atoms with van der Waals surface area (Å²) in [4.78, 5) is 15.0. The summed E-state index contributed by atoms with van der Waals surface area (Å²) in [6, 6.07) is 11.1. The second-order valence-electron chi connectivity index (χ2n) is 4.83. The zero-order chi connectivity index (χ0) is 16.4. The van der Waals surface area contributed by atoms with Gasteiger partial charge in [0.1, 0.15) is 11.6 Å². The van der Waals surface area contributed by atoms with Crippen LogP contribution in [-0.2, 0) is 11.2 Å². The lowest BCUT2D eigenvalue weighted by atomic mass is 10.1. The minimum Gasteiger partial charge on any atom is -0.550 e. The van der Waals surface area contributed by atoms with Crippen LogP contribution in [0.1, 0.15) is 5.69 Å². The van der Waals surface area contributed by atoms with Crippen LogP contribution in [0.3, 0.4) is 0 Å². The van der Waals surface area contributed by atoms with Crippen molar-refractivity contribution in [1.82, 2.24) is 4.98 Å². The summed E-state index contributed by atoms with van der Waals surface area (Å²) < 4.78 is 32.5. The highest BCUT2D eigenvalue weighted by Crippen LogP contribution is 2.31. The molecule has 23 heavy (non-hydrogen) atoms. The number of rotatable bonds is 4. The Kier molecular flexibility index (Phi) is 3.89. The standard InChI is InChI=1S/C17H11F2NO3/c18-11-7-5-10(6-8-11)17-20-14(9-15(21)22)16(23-17)12-3-1-2-4-13(12)19/h1-8H,9H2,(H,21,22)/p-1. The van der Waals surface area contributed by atoms with E-state index in [4.69, 9.17) is 4.42 Å². The first-order valence-corrected chi connectivity index (χ1v) is 6.75. The second kappa shape index (κ2) is 6.00. The molecule has 0 saturated heterocycles. The van der Waals surface area contributed by atoms with E-state index in [0.29, 0.717) is 5.56 Å². The highest BCUT2D eigenvalue weighted by molar-refractivity contribution is 5.73. The summed E-state index contributed by atoms with van der Waals surface area (Å²) in [5, 5.41) is 10.9. The molecule has 0 N–H and O–H groups in total. The molecule has 6 heteroatoms. The first-order valence-electron chi connectivity index (χ1n) is 6.75. The Morgan fingerprint density at radius 2 is 1.78 bits per heavy atom. The molecule has 3 rings (SSSR count). The fourth-order valence-corrected chi connectivity index (χ4v) is 2.18. The van der Waals surface area contributed by atoms with Crippen LogP contribution in [0.4, 0.5) is 8.78 Å². The predicted molar refractivity (Wildman–Crippen MR) is 76.0 cm³/mol. The smallest absolute Gasteiger partial charge is 0.227 e. The molecule has 0 saturated carbocycles. The number of hydrogen-bond donors (Lipinski definition) is 0. The third-order valence-corrected chi connectivity index (χ3v) is 3.22. The average Bonchev–Trinajstić information content (AvgIpc) is 2.91. The summed E-state index contributed by atoms with van der Waals surface area (Å²) in [5.74, 6) is -2.24. The maximum Gasteiger partial charge on any atom is 0.227 e. The number of carbonyl (C=O) groups excluding carboxylic acids is 1. The Hall–Kier alpha value is -3.02. The van der Waals surface area contributed by atoms with Crippen molar-refractivity contribution in [3.05, 3.63) is 65.9 Å². The number of aromatic nitrogens is 1. The molecule has 0 fully saturated rings. The highest BCUT2D eigenvalue weighted by atomic mass is 19.1. The molecule has 3 aromatic rings. The molecule has 0 aliphatic rings. The van der Waals surface area contributed by atoms with Gasteiger partial charge < -0.3 is 14.3 Å². The van der Waals surface area contributed by atoms with E-state index in [-0.39, 0.29) is 22.9 Å². The van der Waals surface area contributed by atoms with E-state index in [1.54, 1.807) is 6.07 Å². The zero-order valence-electron chi connectivity index (χ0n) is 11.8. The number of carboxylic acids is 1. The van der Waals surface area contributed by atoms with Crippen molar-refractivity contribution in [2.75, 3.05) is 0 Å². The number of nitrogens with zero attached hydrogens (tertiary/aromatic N) is 1. The molecule has 0 aliphatic carbocycles. The number of carboxylic acid groups (broad SMARTS) is 1. The predicted octanol–water partition coefficient (Wildman–Crippen LogP) is 2.58. The molecular weight excluding hydrogens is 304 g/mol. The van der Waals surface area contributed by atoms with E-state index in [2.05, 4.69) is 4.98 Å². The van der Waals surface area contributed by atoms with Gasteiger partial charge in [-0.3, -0.25) is 0 Å². The van der Waals surface area contributed by atoms with Gasteiger partial charge in [0.25, 0.3) is 0 Å². The lowest BCUT2D eigenvalue weighted by Gasteiger charge is -2.02. The van der Waals surface area contributed by atoms with Gasteiger partial charge in [0, 0.05) is 18.0 Å². The van der Waals surface area contributed by atoms with Gasteiger partial charge in [-0.1, -0.05) is 12.1 Å². The number of hydrogen-bond acceptors (Lipinski definition) is 4. The molecule has 0 spiro atoms. The van der Waals surface area contributed by atoms with E-state index < -0.39 is 24.0 Å². The first-order chi connectivity index (χ1) is 11.0. The van der Waals surface area contributed by atoms with Gasteiger partial charge in [0.05, 0.1) is 11.3 Å². The SMILES string of the molecule is O=C([O-])Cc1nc(-c2ccc(F)cc2)oc1-c1ccccc1F. The largest absolute Gasteiger partial charge is 0.550 e. The van der Waals surface area contributed by atoms with Gasteiger partial charge >= 0.3 is 0 Å². The summed E-state index contributed by atoms with van der Waals surface area (Å²) in [6.45, 7) is 0. The second-order valence-corrected chi connectivity index (χ2v) is 4.83. The maximum absolute atomic E-state index is 14.0. The normalized spacial score (nSPS) is 10.7. The van der Waals surface area contributed by atoms with Gasteiger partial charge in [-0.2, -0.15) is 0 Å². The van der Waals surface area contributed by atoms with Gasteiger partial charge in [-0.25, -0.2) is 13.8 Å². The molecule has 1 heterocycles. The molecule has 2 aromatic carbocycles. The third kappa shape index (κ3) is 3.11. The van der Waals surface area contributed by atoms with Crippen molar-refractivity contribution < 1.29 is 23.1 Å². The van der Waals surface area contributed by atoms with Crippen LogP contribution in [0.25, 0.3) is 22.8 Å². The van der Waals surface area contributed by atoms with Gasteiger partial charge in [0.2, 0.25) is 5.89 Å². The van der Waals surface area contributed by atoms with E-state index in [9.17, 15) is 18.7 Å². The lowest BCUT2D eigenvalue weighted by molar-refractivity contribution is -0.304. The molecule has 0 radical (unpaired) electrons. The number of carbonyl (C=O) groups is 1. The Morgan fingerprint density at radius 3 is 2.43 bits per heavy atom. The Labute approximate surface area is 130 Å². The molecule has 0 amide bonds. The molecule has 0 atom stereocenters. The fraction of sp³-hybridized carbons (Fsp3) is 0.0588. The number of aliphatic carboxylic acids is 1. The van der Waals surface area contributed by atoms with Crippen molar-refractivity contribution in [3.63, 3.8) is 0 Å². The van der Waals surface area contributed by atoms with E-state index in [1.807, 2.05) is 0 Å². The van der Waals surface area contributed by atoms with E-state index in [1.165, 1.54) is 42.5 Å². The minimum absolute atomic E-state index is 0.0200. The van der Waals surface area contributed by atoms with Crippen molar-refractivity contribution >= 4 is 5.97 Å². The Morgan fingerprint density at radius 1 is 1.09 bits per heavy atom. The van der Waals surface area contributed by atoms with Crippen LogP contribution in [0.5, 0.6) is 0 Å². The number of halogens is 2. The zero-order valence-corrected chi connectivity index (χ0v) is 11.8. The number of oxazole rings is 1. The lowest BCUT2D eigenvalue weighted by Crippen LogP contribution is -2.24. The van der Waals surface area contributed by atoms with Crippen LogP contribution in [0, 0.1) is 11.6 Å². The van der Waals surface area contributed by atoms with Crippen LogP contribution >= 0.6 is 0 Å². The average molecular weight is 314 g/mol. The van der Waals surface area contributed by atoms with Crippen molar-refractivity contribution in [1.29, 1.82) is 0 Å². The maximum atomic E-state index is 14.0. The summed E-state index contributed by atoms with van der Waals surface area (Å²) in [7, 11) is 0. The minimum atomic E-state index is -1.36. The third-order valence-electron chi connectivity index (χ3n) is 3.22. The summed E-state index contributed by atoms with van der Waals surface area (Å²) in [5.41, 5.74) is 0.604. The monoisotopic (exact) mass is 314 g/mol. The van der Waals surface area contributed by atoms with Crippen LogP contribution in [-0.4, -0.2) is 11.0 Å². The van der Waals surface area contributed by atoms with Crippen LogP contribution in [0.2, 0.25) is 0 Å². The summed E-state index contributed by atoms with van der Waals surface area (Å²) in [6.07, 6.45) is -0.519. The van der Waals surface area contributed by atoms with E-state index in [0.717, 1.165) is 0 Å². The van der Waals surface area contributed by atoms with E-state index >= 15 is 0 Å². The van der Waals surface area contributed by atoms with Gasteiger partial charge in [-0.15, -0.1) is 0 Å². The summed E-state index contributed by atoms with van der Waals surface area (Å²) >= 11 is 0. The quantitative estimate of drug-likeness (QED) is 0.742. The Bertz CT molecular complexity index is 857. The van der Waals surface area contributed by atoms with Crippen LogP contribution in [0.15, 0.2) is 52.9 Å². The van der Waals surface area contributed by atoms with Crippen molar-refractivity contribution in [3.8, 4) is 22.8 Å². The highest BCUT2D eigenvalue weighted by Gasteiger charge is 2.19. The topological polar surface area (TPSA) is 66.2 Å². The first kappa shape index (κ1) is 14.9. The van der Waals surface area contributed by atoms with Crippen molar-refractivity contribution in [2.24, 2.45) is 0 Å². The molecular formula is C17H10F2NO3-. The van der Waals surface area contributed by atoms with Gasteiger partial charge in [0.15, 0.2) is 5.76 Å². The molecule has 0 aliphatic heterocycles. The van der Waals surface area contributed by atoms with Crippen molar-refractivity contribution in [2.45, 2.75) is 6.42 Å².